The third-order valence-electron chi connectivity index (χ3n) is 3.80. The van der Waals surface area contributed by atoms with Crippen molar-refractivity contribution in [3.05, 3.63) is 10.4 Å². The molecule has 3 N–H and O–H groups in total. The summed E-state index contributed by atoms with van der Waals surface area (Å²) in [4.78, 5) is 26.1. The zero-order chi connectivity index (χ0) is 15.6. The first-order chi connectivity index (χ1) is 9.99. The van der Waals surface area contributed by atoms with Crippen LogP contribution in [0.4, 0.5) is 10.7 Å². The molecule has 1 saturated heterocycles. The smallest absolute Gasteiger partial charge is 0.343 e. The van der Waals surface area contributed by atoms with Gasteiger partial charge in [-0.3, -0.25) is 4.79 Å². The predicted molar refractivity (Wildman–Crippen MR) is 82.1 cm³/mol. The van der Waals surface area contributed by atoms with Gasteiger partial charge in [0.2, 0.25) is 0 Å². The number of carbonyl (C=O) groups excluding carboxylic acids is 2. The van der Waals surface area contributed by atoms with Gasteiger partial charge < -0.3 is 20.5 Å². The molecule has 1 aliphatic heterocycles. The number of esters is 1. The Morgan fingerprint density at radius 2 is 2.05 bits per heavy atom. The quantitative estimate of drug-likeness (QED) is 0.647. The molecule has 0 aromatic carbocycles. The highest BCUT2D eigenvalue weighted by molar-refractivity contribution is 7.19. The highest BCUT2D eigenvalue weighted by atomic mass is 32.1. The molecule has 0 spiro atoms. The fourth-order valence-electron chi connectivity index (χ4n) is 2.53. The maximum atomic E-state index is 12.0. The zero-order valence-corrected chi connectivity index (χ0v) is 13.0. The lowest BCUT2D eigenvalue weighted by Gasteiger charge is -2.32. The maximum Gasteiger partial charge on any atom is 0.343 e. The predicted octanol–water partition coefficient (Wildman–Crippen LogP) is 1.53. The van der Waals surface area contributed by atoms with Gasteiger partial charge in [0.25, 0.3) is 0 Å². The van der Waals surface area contributed by atoms with Gasteiger partial charge in [0.15, 0.2) is 5.78 Å². The Balaban J connectivity index is 2.36. The van der Waals surface area contributed by atoms with Crippen molar-refractivity contribution < 1.29 is 19.4 Å². The van der Waals surface area contributed by atoms with Crippen molar-refractivity contribution in [3.8, 4) is 0 Å². The van der Waals surface area contributed by atoms with E-state index >= 15 is 0 Å². The van der Waals surface area contributed by atoms with Crippen molar-refractivity contribution in [2.24, 2.45) is 5.92 Å². The lowest BCUT2D eigenvalue weighted by atomic mass is 9.98. The Bertz CT molecular complexity index is 547. The molecule has 2 heterocycles. The number of nitrogen functional groups attached to an aromatic ring is 1. The van der Waals surface area contributed by atoms with Crippen molar-refractivity contribution in [1.29, 1.82) is 0 Å². The van der Waals surface area contributed by atoms with Crippen LogP contribution < -0.4 is 10.6 Å². The topological polar surface area (TPSA) is 92.9 Å². The van der Waals surface area contributed by atoms with Crippen LogP contribution in [0.25, 0.3) is 0 Å². The molecule has 1 fully saturated rings. The molecular formula is C14H20N2O4S. The monoisotopic (exact) mass is 312 g/mol. The molecule has 0 saturated carbocycles. The molecule has 6 nitrogen and oxygen atoms in total. The minimum absolute atomic E-state index is 0.154. The van der Waals surface area contributed by atoms with E-state index in [4.69, 9.17) is 10.5 Å². The van der Waals surface area contributed by atoms with Crippen molar-refractivity contribution in [1.82, 2.24) is 0 Å². The van der Waals surface area contributed by atoms with Crippen LogP contribution >= 0.6 is 11.3 Å². The van der Waals surface area contributed by atoms with E-state index in [1.807, 2.05) is 4.90 Å². The van der Waals surface area contributed by atoms with Crippen molar-refractivity contribution in [3.63, 3.8) is 0 Å². The van der Waals surface area contributed by atoms with E-state index in [-0.39, 0.29) is 23.6 Å². The number of methoxy groups -OCH3 is 1. The summed E-state index contributed by atoms with van der Waals surface area (Å²) >= 11 is 1.24. The van der Waals surface area contributed by atoms with E-state index in [2.05, 4.69) is 0 Å². The molecule has 21 heavy (non-hydrogen) atoms. The summed E-state index contributed by atoms with van der Waals surface area (Å²) in [7, 11) is 1.30. The number of ether oxygens (including phenoxy) is 1. The van der Waals surface area contributed by atoms with E-state index in [0.717, 1.165) is 25.9 Å². The van der Waals surface area contributed by atoms with Gasteiger partial charge in [-0.25, -0.2) is 4.79 Å². The number of hydrogen-bond donors (Lipinski definition) is 2. The van der Waals surface area contributed by atoms with E-state index in [0.29, 0.717) is 15.8 Å². The fraction of sp³-hybridized carbons (Fsp3) is 0.571. The molecule has 0 atom stereocenters. The molecule has 1 aliphatic rings. The number of nitrogens with two attached hydrogens (primary N) is 1. The highest BCUT2D eigenvalue weighted by Crippen LogP contribution is 2.40. The summed E-state index contributed by atoms with van der Waals surface area (Å²) in [5.74, 6) is -0.373. The largest absolute Gasteiger partial charge is 0.465 e. The van der Waals surface area contributed by atoms with Crippen molar-refractivity contribution in [2.75, 3.05) is 37.4 Å². The molecule has 0 amide bonds. The zero-order valence-electron chi connectivity index (χ0n) is 12.2. The molecule has 0 bridgehead atoms. The van der Waals surface area contributed by atoms with Crippen LogP contribution in [0.3, 0.4) is 0 Å². The first-order valence-electron chi connectivity index (χ1n) is 6.86. The fourth-order valence-corrected chi connectivity index (χ4v) is 3.69. The van der Waals surface area contributed by atoms with Crippen LogP contribution in [-0.2, 0) is 4.74 Å². The summed E-state index contributed by atoms with van der Waals surface area (Å²) in [6.45, 7) is 3.08. The SMILES string of the molecule is COC(=O)c1c(N2CCC(CO)CC2)sc(C(C)=O)c1N. The second-order valence-corrected chi connectivity index (χ2v) is 6.18. The number of hydrogen-bond acceptors (Lipinski definition) is 7. The van der Waals surface area contributed by atoms with Crippen LogP contribution in [0.15, 0.2) is 0 Å². The van der Waals surface area contributed by atoms with E-state index in [9.17, 15) is 14.7 Å². The maximum absolute atomic E-state index is 12.0. The number of nitrogens with zero attached hydrogens (tertiary/aromatic N) is 1. The first-order valence-corrected chi connectivity index (χ1v) is 7.68. The Hall–Kier alpha value is -1.60. The second kappa shape index (κ2) is 6.44. The molecule has 7 heteroatoms. The van der Waals surface area contributed by atoms with Gasteiger partial charge in [-0.05, 0) is 18.8 Å². The summed E-state index contributed by atoms with van der Waals surface area (Å²) in [6, 6.07) is 0. The Morgan fingerprint density at radius 3 is 2.52 bits per heavy atom. The van der Waals surface area contributed by atoms with E-state index < -0.39 is 5.97 Å². The number of rotatable bonds is 4. The van der Waals surface area contributed by atoms with Gasteiger partial charge in [-0.1, -0.05) is 0 Å². The van der Waals surface area contributed by atoms with Gasteiger partial charge >= 0.3 is 5.97 Å². The molecular weight excluding hydrogens is 292 g/mol. The van der Waals surface area contributed by atoms with Gasteiger partial charge in [0.05, 0.1) is 17.7 Å². The normalized spacial score (nSPS) is 16.0. The Labute approximate surface area is 127 Å². The molecule has 1 aromatic rings. The average molecular weight is 312 g/mol. The standard InChI is InChI=1S/C14H20N2O4S/c1-8(18)12-11(15)10(14(19)20-2)13(21-12)16-5-3-9(7-17)4-6-16/h9,17H,3-7,15H2,1-2H3. The third kappa shape index (κ3) is 3.03. The molecule has 116 valence electrons. The summed E-state index contributed by atoms with van der Waals surface area (Å²) < 4.78 is 4.79. The molecule has 0 unspecified atom stereocenters. The number of aliphatic hydroxyl groups is 1. The van der Waals surface area contributed by atoms with Crippen LogP contribution in [0.5, 0.6) is 0 Å². The van der Waals surface area contributed by atoms with Gasteiger partial charge in [0.1, 0.15) is 10.6 Å². The number of piperidine rings is 1. The second-order valence-electron chi connectivity index (χ2n) is 5.19. The lowest BCUT2D eigenvalue weighted by Crippen LogP contribution is -2.35. The van der Waals surface area contributed by atoms with Gasteiger partial charge in [-0.15, -0.1) is 11.3 Å². The van der Waals surface area contributed by atoms with Gasteiger partial charge in [-0.2, -0.15) is 0 Å². The summed E-state index contributed by atoms with van der Waals surface area (Å²) in [5.41, 5.74) is 6.46. The number of anilines is 2. The number of ketones is 1. The van der Waals surface area contributed by atoms with Crippen molar-refractivity contribution in [2.45, 2.75) is 19.8 Å². The summed E-state index contributed by atoms with van der Waals surface area (Å²) in [5, 5.41) is 9.89. The number of carbonyl (C=O) groups is 2. The van der Waals surface area contributed by atoms with E-state index in [1.54, 1.807) is 0 Å². The minimum atomic E-state index is -0.518. The summed E-state index contributed by atoms with van der Waals surface area (Å²) in [6.07, 6.45) is 1.70. The average Bonchev–Trinajstić information content (AvgIpc) is 2.84. The van der Waals surface area contributed by atoms with Crippen LogP contribution in [0, 0.1) is 5.92 Å². The first kappa shape index (κ1) is 15.8. The number of aliphatic hydroxyl groups excluding tert-OH is 1. The molecule has 0 aliphatic carbocycles. The third-order valence-corrected chi connectivity index (χ3v) is 5.16. The minimum Gasteiger partial charge on any atom is -0.465 e. The number of Topliss-reactive ketones (excluding diaryl/α,β-unsaturated/α-hetero) is 1. The Morgan fingerprint density at radius 1 is 1.43 bits per heavy atom. The van der Waals surface area contributed by atoms with Crippen LogP contribution in [0.2, 0.25) is 0 Å². The molecule has 1 aromatic heterocycles. The lowest BCUT2D eigenvalue weighted by molar-refractivity contribution is 0.0603. The van der Waals surface area contributed by atoms with E-state index in [1.165, 1.54) is 25.4 Å². The van der Waals surface area contributed by atoms with Crippen molar-refractivity contribution >= 4 is 33.8 Å². The molecule has 2 rings (SSSR count). The van der Waals surface area contributed by atoms with Crippen LogP contribution in [-0.4, -0.2) is 43.7 Å². The Kier molecular flexibility index (Phi) is 4.84. The number of thiophene rings is 1. The molecule has 0 radical (unpaired) electrons. The van der Waals surface area contributed by atoms with Gasteiger partial charge in [0, 0.05) is 26.6 Å². The highest BCUT2D eigenvalue weighted by Gasteiger charge is 2.29. The van der Waals surface area contributed by atoms with Crippen LogP contribution in [0.1, 0.15) is 39.8 Å².